The van der Waals surface area contributed by atoms with E-state index >= 15 is 0 Å². The standard InChI is InChI=1S/C17H19N3O/c1-2-11-21-15-10-6-9-14-16(15)19-17(18)20(14)12-13-7-4-3-5-8-13/h3-10H,2,11-12H2,1H3,(H2,18,19). The van der Waals surface area contributed by atoms with Crippen LogP contribution in [0.1, 0.15) is 18.9 Å². The highest BCUT2D eigenvalue weighted by atomic mass is 16.5. The molecule has 2 N–H and O–H groups in total. The van der Waals surface area contributed by atoms with Gasteiger partial charge in [-0.2, -0.15) is 0 Å². The zero-order chi connectivity index (χ0) is 14.7. The number of aromatic nitrogens is 2. The minimum Gasteiger partial charge on any atom is -0.491 e. The normalized spacial score (nSPS) is 10.9. The maximum atomic E-state index is 6.10. The summed E-state index contributed by atoms with van der Waals surface area (Å²) in [7, 11) is 0. The Labute approximate surface area is 124 Å². The third-order valence-corrected chi connectivity index (χ3v) is 3.42. The maximum Gasteiger partial charge on any atom is 0.201 e. The van der Waals surface area contributed by atoms with Crippen molar-refractivity contribution in [3.63, 3.8) is 0 Å². The Bertz CT molecular complexity index is 734. The fourth-order valence-corrected chi connectivity index (χ4v) is 2.40. The number of hydrogen-bond acceptors (Lipinski definition) is 3. The number of benzene rings is 2. The number of fused-ring (bicyclic) bond motifs is 1. The van der Waals surface area contributed by atoms with Crippen LogP contribution in [0.25, 0.3) is 11.0 Å². The summed E-state index contributed by atoms with van der Waals surface area (Å²) in [4.78, 5) is 4.48. The molecule has 4 nitrogen and oxygen atoms in total. The largest absolute Gasteiger partial charge is 0.491 e. The lowest BCUT2D eigenvalue weighted by Crippen LogP contribution is -2.04. The van der Waals surface area contributed by atoms with Crippen molar-refractivity contribution in [2.24, 2.45) is 0 Å². The number of nitrogen functional groups attached to an aromatic ring is 1. The van der Waals surface area contributed by atoms with E-state index in [1.54, 1.807) is 0 Å². The Morgan fingerprint density at radius 1 is 1.10 bits per heavy atom. The van der Waals surface area contributed by atoms with E-state index in [1.807, 2.05) is 41.0 Å². The molecule has 108 valence electrons. The fourth-order valence-electron chi connectivity index (χ4n) is 2.40. The van der Waals surface area contributed by atoms with Crippen molar-refractivity contribution in [1.29, 1.82) is 0 Å². The van der Waals surface area contributed by atoms with Crippen LogP contribution in [0.4, 0.5) is 5.95 Å². The van der Waals surface area contributed by atoms with Gasteiger partial charge in [0, 0.05) is 0 Å². The first-order valence-electron chi connectivity index (χ1n) is 7.21. The molecule has 2 aromatic carbocycles. The van der Waals surface area contributed by atoms with Crippen molar-refractivity contribution in [3.05, 3.63) is 54.1 Å². The van der Waals surface area contributed by atoms with Gasteiger partial charge in [-0.05, 0) is 24.1 Å². The smallest absolute Gasteiger partial charge is 0.201 e. The van der Waals surface area contributed by atoms with Crippen molar-refractivity contribution in [2.75, 3.05) is 12.3 Å². The number of para-hydroxylation sites is 1. The zero-order valence-corrected chi connectivity index (χ0v) is 12.1. The Morgan fingerprint density at radius 3 is 2.67 bits per heavy atom. The van der Waals surface area contributed by atoms with Crippen LogP contribution in [0.5, 0.6) is 5.75 Å². The van der Waals surface area contributed by atoms with Crippen molar-refractivity contribution in [2.45, 2.75) is 19.9 Å². The van der Waals surface area contributed by atoms with Crippen LogP contribution in [0.3, 0.4) is 0 Å². The van der Waals surface area contributed by atoms with E-state index in [9.17, 15) is 0 Å². The van der Waals surface area contributed by atoms with Crippen molar-refractivity contribution in [3.8, 4) is 5.75 Å². The molecule has 0 aliphatic rings. The van der Waals surface area contributed by atoms with E-state index in [0.29, 0.717) is 19.1 Å². The predicted molar refractivity (Wildman–Crippen MR) is 85.5 cm³/mol. The average Bonchev–Trinajstić information content (AvgIpc) is 2.83. The van der Waals surface area contributed by atoms with E-state index in [-0.39, 0.29) is 0 Å². The molecule has 1 aromatic heterocycles. The molecule has 0 amide bonds. The van der Waals surface area contributed by atoms with Gasteiger partial charge < -0.3 is 15.0 Å². The quantitative estimate of drug-likeness (QED) is 0.779. The number of nitrogens with zero attached hydrogens (tertiary/aromatic N) is 2. The molecule has 0 radical (unpaired) electrons. The predicted octanol–water partition coefficient (Wildman–Crippen LogP) is 3.46. The molecule has 0 saturated carbocycles. The summed E-state index contributed by atoms with van der Waals surface area (Å²) < 4.78 is 7.77. The third-order valence-electron chi connectivity index (χ3n) is 3.42. The second kappa shape index (κ2) is 5.87. The summed E-state index contributed by atoms with van der Waals surface area (Å²) in [5, 5.41) is 0. The summed E-state index contributed by atoms with van der Waals surface area (Å²) in [5.41, 5.74) is 9.13. The SMILES string of the molecule is CCCOc1cccc2c1nc(N)n2Cc1ccccc1. The van der Waals surface area contributed by atoms with Gasteiger partial charge in [-0.3, -0.25) is 0 Å². The van der Waals surface area contributed by atoms with Crippen molar-refractivity contribution < 1.29 is 4.74 Å². The van der Waals surface area contributed by atoms with E-state index < -0.39 is 0 Å². The van der Waals surface area contributed by atoms with Gasteiger partial charge in [0.2, 0.25) is 5.95 Å². The highest BCUT2D eigenvalue weighted by Crippen LogP contribution is 2.27. The Kier molecular flexibility index (Phi) is 3.77. The minimum atomic E-state index is 0.515. The monoisotopic (exact) mass is 281 g/mol. The number of hydrogen-bond donors (Lipinski definition) is 1. The Hall–Kier alpha value is -2.49. The molecule has 0 saturated heterocycles. The molecule has 0 aliphatic carbocycles. The molecule has 4 heteroatoms. The second-order valence-corrected chi connectivity index (χ2v) is 5.01. The molecule has 3 rings (SSSR count). The molecule has 0 bridgehead atoms. The molecule has 0 aliphatic heterocycles. The third kappa shape index (κ3) is 2.70. The Morgan fingerprint density at radius 2 is 1.90 bits per heavy atom. The van der Waals surface area contributed by atoms with E-state index in [0.717, 1.165) is 23.2 Å². The number of nitrogens with two attached hydrogens (primary N) is 1. The molecular weight excluding hydrogens is 262 g/mol. The van der Waals surface area contributed by atoms with Crippen LogP contribution in [-0.2, 0) is 6.54 Å². The highest BCUT2D eigenvalue weighted by molar-refractivity contribution is 5.84. The summed E-state index contributed by atoms with van der Waals surface area (Å²) in [5.74, 6) is 1.31. The number of rotatable bonds is 5. The number of ether oxygens (including phenoxy) is 1. The van der Waals surface area contributed by atoms with E-state index in [4.69, 9.17) is 10.5 Å². The number of imidazole rings is 1. The molecule has 1 heterocycles. The van der Waals surface area contributed by atoms with Gasteiger partial charge in [0.15, 0.2) is 0 Å². The van der Waals surface area contributed by atoms with Gasteiger partial charge in [-0.15, -0.1) is 0 Å². The molecular formula is C17H19N3O. The van der Waals surface area contributed by atoms with Gasteiger partial charge in [0.1, 0.15) is 11.3 Å². The lowest BCUT2D eigenvalue weighted by Gasteiger charge is -2.08. The van der Waals surface area contributed by atoms with Crippen molar-refractivity contribution >= 4 is 17.0 Å². The maximum absolute atomic E-state index is 6.10. The molecule has 21 heavy (non-hydrogen) atoms. The van der Waals surface area contributed by atoms with Gasteiger partial charge in [-0.25, -0.2) is 4.98 Å². The van der Waals surface area contributed by atoms with Gasteiger partial charge in [0.25, 0.3) is 0 Å². The lowest BCUT2D eigenvalue weighted by atomic mass is 10.2. The topological polar surface area (TPSA) is 53.1 Å². The fraction of sp³-hybridized carbons (Fsp3) is 0.235. The van der Waals surface area contributed by atoms with Crippen LogP contribution >= 0.6 is 0 Å². The van der Waals surface area contributed by atoms with Crippen LogP contribution < -0.4 is 10.5 Å². The molecule has 0 fully saturated rings. The zero-order valence-electron chi connectivity index (χ0n) is 12.1. The summed E-state index contributed by atoms with van der Waals surface area (Å²) in [6.07, 6.45) is 0.969. The first kappa shape index (κ1) is 13.5. The van der Waals surface area contributed by atoms with Crippen LogP contribution in [0.2, 0.25) is 0 Å². The molecule has 0 unspecified atom stereocenters. The lowest BCUT2D eigenvalue weighted by molar-refractivity contribution is 0.320. The molecule has 0 spiro atoms. The Balaban J connectivity index is 2.01. The van der Waals surface area contributed by atoms with Crippen molar-refractivity contribution in [1.82, 2.24) is 9.55 Å². The summed E-state index contributed by atoms with van der Waals surface area (Å²) in [6, 6.07) is 16.2. The van der Waals surface area contributed by atoms with Crippen LogP contribution in [0.15, 0.2) is 48.5 Å². The second-order valence-electron chi connectivity index (χ2n) is 5.01. The minimum absolute atomic E-state index is 0.515. The first-order chi connectivity index (χ1) is 10.3. The first-order valence-corrected chi connectivity index (χ1v) is 7.21. The summed E-state index contributed by atoms with van der Waals surface area (Å²) in [6.45, 7) is 3.48. The average molecular weight is 281 g/mol. The van der Waals surface area contributed by atoms with Crippen LogP contribution in [-0.4, -0.2) is 16.2 Å². The molecule has 3 aromatic rings. The van der Waals surface area contributed by atoms with Gasteiger partial charge >= 0.3 is 0 Å². The number of anilines is 1. The van der Waals surface area contributed by atoms with E-state index in [1.165, 1.54) is 5.56 Å². The summed E-state index contributed by atoms with van der Waals surface area (Å²) >= 11 is 0. The van der Waals surface area contributed by atoms with Gasteiger partial charge in [0.05, 0.1) is 18.7 Å². The molecule has 0 atom stereocenters. The van der Waals surface area contributed by atoms with E-state index in [2.05, 4.69) is 24.0 Å². The highest BCUT2D eigenvalue weighted by Gasteiger charge is 2.12. The van der Waals surface area contributed by atoms with Gasteiger partial charge in [-0.1, -0.05) is 43.3 Å². The van der Waals surface area contributed by atoms with Crippen LogP contribution in [0, 0.1) is 0 Å².